The maximum absolute atomic E-state index is 12.3. The van der Waals surface area contributed by atoms with Crippen LogP contribution >= 0.6 is 11.6 Å². The molecule has 1 aromatic heterocycles. The number of ether oxygens (including phenoxy) is 1. The molecule has 7 heteroatoms. The minimum atomic E-state index is -0.302. The first kappa shape index (κ1) is 16.0. The smallest absolute Gasteiger partial charge is 0.275 e. The molecule has 0 saturated carbocycles. The zero-order valence-corrected chi connectivity index (χ0v) is 13.4. The molecule has 6 nitrogen and oxygen atoms in total. The third kappa shape index (κ3) is 3.63. The number of methoxy groups -OCH3 is 1. The Morgan fingerprint density at radius 3 is 2.95 bits per heavy atom. The lowest BCUT2D eigenvalue weighted by Crippen LogP contribution is -2.40. The van der Waals surface area contributed by atoms with E-state index in [1.54, 1.807) is 6.92 Å². The van der Waals surface area contributed by atoms with Crippen molar-refractivity contribution in [3.05, 3.63) is 16.5 Å². The maximum Gasteiger partial charge on any atom is 0.275 e. The van der Waals surface area contributed by atoms with Gasteiger partial charge in [-0.05, 0) is 32.9 Å². The van der Waals surface area contributed by atoms with E-state index in [4.69, 9.17) is 16.3 Å². The van der Waals surface area contributed by atoms with Crippen LogP contribution in [0.1, 0.15) is 35.9 Å². The fourth-order valence-corrected chi connectivity index (χ4v) is 2.73. The lowest BCUT2D eigenvalue weighted by Gasteiger charge is -2.22. The number of likely N-dealkylation sites (N-methyl/N-ethyl adjacent to an activating group) is 1. The summed E-state index contributed by atoms with van der Waals surface area (Å²) < 4.78 is 5.11. The molecule has 21 heavy (non-hydrogen) atoms. The van der Waals surface area contributed by atoms with Crippen LogP contribution in [0.2, 0.25) is 5.15 Å². The summed E-state index contributed by atoms with van der Waals surface area (Å²) in [4.78, 5) is 22.9. The van der Waals surface area contributed by atoms with Crippen molar-refractivity contribution in [2.75, 3.05) is 26.7 Å². The second-order valence-corrected chi connectivity index (χ2v) is 5.45. The fraction of sp³-hybridized carbons (Fsp3) is 0.643. The van der Waals surface area contributed by atoms with Crippen molar-refractivity contribution in [1.82, 2.24) is 20.2 Å². The number of hydrogen-bond donors (Lipinski definition) is 1. The molecule has 0 aliphatic carbocycles. The van der Waals surface area contributed by atoms with Crippen LogP contribution in [0.25, 0.3) is 0 Å². The summed E-state index contributed by atoms with van der Waals surface area (Å²) in [5.74, 6) is -0.0997. The van der Waals surface area contributed by atoms with Crippen LogP contribution in [-0.2, 0) is 0 Å². The van der Waals surface area contributed by atoms with Gasteiger partial charge in [-0.1, -0.05) is 18.5 Å². The van der Waals surface area contributed by atoms with Gasteiger partial charge in [0.05, 0.1) is 12.8 Å². The SMILES string of the molecule is CCN1CCCC1CNC(=O)c1nc(Cl)c(C)nc1OC. The van der Waals surface area contributed by atoms with Crippen molar-refractivity contribution >= 4 is 17.5 Å². The molecule has 1 aromatic rings. The largest absolute Gasteiger partial charge is 0.479 e. The molecule has 1 atom stereocenters. The van der Waals surface area contributed by atoms with E-state index in [0.717, 1.165) is 19.5 Å². The van der Waals surface area contributed by atoms with E-state index >= 15 is 0 Å². The molecule has 0 aromatic carbocycles. The minimum Gasteiger partial charge on any atom is -0.479 e. The van der Waals surface area contributed by atoms with Gasteiger partial charge in [0, 0.05) is 12.6 Å². The number of nitrogens with one attached hydrogen (secondary N) is 1. The van der Waals surface area contributed by atoms with Gasteiger partial charge >= 0.3 is 0 Å². The highest BCUT2D eigenvalue weighted by Gasteiger charge is 2.25. The molecule has 1 aliphatic rings. The van der Waals surface area contributed by atoms with Crippen molar-refractivity contribution in [3.63, 3.8) is 0 Å². The van der Waals surface area contributed by atoms with E-state index < -0.39 is 0 Å². The zero-order chi connectivity index (χ0) is 15.4. The highest BCUT2D eigenvalue weighted by molar-refractivity contribution is 6.30. The molecular formula is C14H21ClN4O2. The third-order valence-corrected chi connectivity index (χ3v) is 4.15. The number of hydrogen-bond acceptors (Lipinski definition) is 5. The van der Waals surface area contributed by atoms with Gasteiger partial charge in [0.15, 0.2) is 10.8 Å². The van der Waals surface area contributed by atoms with Crippen LogP contribution in [0.5, 0.6) is 5.88 Å². The second-order valence-electron chi connectivity index (χ2n) is 5.09. The third-order valence-electron chi connectivity index (χ3n) is 3.79. The number of carbonyl (C=O) groups is 1. The monoisotopic (exact) mass is 312 g/mol. The average molecular weight is 313 g/mol. The number of aryl methyl sites for hydroxylation is 1. The maximum atomic E-state index is 12.3. The molecule has 116 valence electrons. The quantitative estimate of drug-likeness (QED) is 0.895. The Bertz CT molecular complexity index is 524. The van der Waals surface area contributed by atoms with Gasteiger partial charge in [-0.3, -0.25) is 9.69 Å². The van der Waals surface area contributed by atoms with Crippen molar-refractivity contribution in [3.8, 4) is 5.88 Å². The van der Waals surface area contributed by atoms with Crippen molar-refractivity contribution in [2.45, 2.75) is 32.7 Å². The van der Waals surface area contributed by atoms with Gasteiger partial charge in [0.2, 0.25) is 5.88 Å². The number of rotatable bonds is 5. The Hall–Kier alpha value is -1.40. The van der Waals surface area contributed by atoms with Crippen molar-refractivity contribution in [1.29, 1.82) is 0 Å². The fourth-order valence-electron chi connectivity index (χ4n) is 2.61. The van der Waals surface area contributed by atoms with Gasteiger partial charge < -0.3 is 10.1 Å². The Kier molecular flexibility index (Phi) is 5.36. The number of nitrogens with zero attached hydrogens (tertiary/aromatic N) is 3. The summed E-state index contributed by atoms with van der Waals surface area (Å²) in [6, 6.07) is 0.388. The predicted octanol–water partition coefficient (Wildman–Crippen LogP) is 1.66. The van der Waals surface area contributed by atoms with Crippen LogP contribution in [-0.4, -0.2) is 53.6 Å². The summed E-state index contributed by atoms with van der Waals surface area (Å²) in [6.07, 6.45) is 2.28. The zero-order valence-electron chi connectivity index (χ0n) is 12.6. The molecule has 2 rings (SSSR count). The van der Waals surface area contributed by atoms with Crippen LogP contribution in [0.3, 0.4) is 0 Å². The number of amides is 1. The Balaban J connectivity index is 2.05. The molecule has 1 amide bonds. The summed E-state index contributed by atoms with van der Waals surface area (Å²) >= 11 is 5.94. The topological polar surface area (TPSA) is 67.4 Å². The summed E-state index contributed by atoms with van der Waals surface area (Å²) in [6.45, 7) is 6.55. The van der Waals surface area contributed by atoms with Gasteiger partial charge in [-0.25, -0.2) is 9.97 Å². The Morgan fingerprint density at radius 1 is 1.52 bits per heavy atom. The normalized spacial score (nSPS) is 18.8. The molecule has 1 saturated heterocycles. The Labute approximate surface area is 129 Å². The van der Waals surface area contributed by atoms with Gasteiger partial charge in [-0.2, -0.15) is 0 Å². The summed E-state index contributed by atoms with van der Waals surface area (Å²) in [7, 11) is 1.46. The molecular weight excluding hydrogens is 292 g/mol. The highest BCUT2D eigenvalue weighted by atomic mass is 35.5. The minimum absolute atomic E-state index is 0.133. The molecule has 0 bridgehead atoms. The summed E-state index contributed by atoms with van der Waals surface area (Å²) in [5.41, 5.74) is 0.673. The second kappa shape index (κ2) is 7.04. The van der Waals surface area contributed by atoms with Gasteiger partial charge in [0.1, 0.15) is 0 Å². The van der Waals surface area contributed by atoms with Crippen LogP contribution < -0.4 is 10.1 Å². The molecule has 0 radical (unpaired) electrons. The average Bonchev–Trinajstić information content (AvgIpc) is 2.94. The number of likely N-dealkylation sites (tertiary alicyclic amines) is 1. The lowest BCUT2D eigenvalue weighted by atomic mass is 10.2. The van der Waals surface area contributed by atoms with Crippen LogP contribution in [0, 0.1) is 6.92 Å². The van der Waals surface area contributed by atoms with E-state index in [0.29, 0.717) is 18.3 Å². The number of halogens is 1. The highest BCUT2D eigenvalue weighted by Crippen LogP contribution is 2.19. The Morgan fingerprint density at radius 2 is 2.29 bits per heavy atom. The number of aromatic nitrogens is 2. The van der Waals surface area contributed by atoms with Crippen LogP contribution in [0.15, 0.2) is 0 Å². The molecule has 1 fully saturated rings. The summed E-state index contributed by atoms with van der Waals surface area (Å²) in [5, 5.41) is 3.12. The molecule has 0 spiro atoms. The lowest BCUT2D eigenvalue weighted by molar-refractivity contribution is 0.0932. The number of carbonyl (C=O) groups excluding carboxylic acids is 1. The predicted molar refractivity (Wildman–Crippen MR) is 80.9 cm³/mol. The molecule has 1 aliphatic heterocycles. The van der Waals surface area contributed by atoms with Gasteiger partial charge in [0.25, 0.3) is 5.91 Å². The van der Waals surface area contributed by atoms with E-state index in [9.17, 15) is 4.79 Å². The molecule has 1 unspecified atom stereocenters. The van der Waals surface area contributed by atoms with E-state index in [1.165, 1.54) is 13.5 Å². The first-order valence-electron chi connectivity index (χ1n) is 7.17. The first-order chi connectivity index (χ1) is 10.1. The van der Waals surface area contributed by atoms with E-state index in [2.05, 4.69) is 27.1 Å². The molecule has 1 N–H and O–H groups in total. The standard InChI is InChI=1S/C14H21ClN4O2/c1-4-19-7-5-6-10(19)8-16-13(20)11-14(21-3)17-9(2)12(15)18-11/h10H,4-8H2,1-3H3,(H,16,20). The van der Waals surface area contributed by atoms with Gasteiger partial charge in [-0.15, -0.1) is 0 Å². The van der Waals surface area contributed by atoms with Crippen molar-refractivity contribution < 1.29 is 9.53 Å². The van der Waals surface area contributed by atoms with Crippen molar-refractivity contribution in [2.24, 2.45) is 0 Å². The molecule has 2 heterocycles. The van der Waals surface area contributed by atoms with E-state index in [1.807, 2.05) is 0 Å². The van der Waals surface area contributed by atoms with Crippen LogP contribution in [0.4, 0.5) is 0 Å². The van der Waals surface area contributed by atoms with E-state index in [-0.39, 0.29) is 22.6 Å². The first-order valence-corrected chi connectivity index (χ1v) is 7.55.